The number of fused-ring (bicyclic) bond motifs is 11. The second-order valence-corrected chi connectivity index (χ2v) is 14.1. The average Bonchev–Trinajstić information content (AvgIpc) is 3.47. The molecule has 0 bridgehead atoms. The molecule has 0 saturated heterocycles. The predicted molar refractivity (Wildman–Crippen MR) is 163 cm³/mol. The van der Waals surface area contributed by atoms with E-state index in [1.807, 2.05) is 0 Å². The van der Waals surface area contributed by atoms with Crippen LogP contribution in [0.4, 0.5) is 5.69 Å². The van der Waals surface area contributed by atoms with Crippen molar-refractivity contribution < 1.29 is 26.7 Å². The molecule has 0 amide bonds. The van der Waals surface area contributed by atoms with Crippen molar-refractivity contribution in [2.24, 2.45) is 0 Å². The van der Waals surface area contributed by atoms with Gasteiger partial charge in [0.1, 0.15) is 0 Å². The fourth-order valence-electron chi connectivity index (χ4n) is 8.00. The number of oxazole rings is 1. The molecule has 5 heterocycles. The summed E-state index contributed by atoms with van der Waals surface area (Å²) in [6, 6.07) is 19.4. The molecule has 4 aliphatic rings. The van der Waals surface area contributed by atoms with Gasteiger partial charge in [0.2, 0.25) is 5.58 Å². The minimum absolute atomic E-state index is 0.000828. The van der Waals surface area contributed by atoms with Crippen LogP contribution in [0.5, 0.6) is 0 Å². The lowest BCUT2D eigenvalue weighted by molar-refractivity contribution is -0.683. The Bertz CT molecular complexity index is 1960. The van der Waals surface area contributed by atoms with Crippen LogP contribution in [0, 0.1) is 6.92 Å². The van der Waals surface area contributed by atoms with Gasteiger partial charge in [0.15, 0.2) is 6.54 Å². The molecule has 3 atom stereocenters. The second kappa shape index (κ2) is 9.27. The van der Waals surface area contributed by atoms with E-state index in [1.165, 1.54) is 38.9 Å². The van der Waals surface area contributed by atoms with E-state index >= 15 is 0 Å². The van der Waals surface area contributed by atoms with Crippen molar-refractivity contribution in [3.05, 3.63) is 89.0 Å². The zero-order chi connectivity index (χ0) is 28.8. The van der Waals surface area contributed by atoms with Crippen LogP contribution in [0.25, 0.3) is 27.4 Å². The van der Waals surface area contributed by atoms with Gasteiger partial charge in [-0.25, -0.2) is 0 Å². The van der Waals surface area contributed by atoms with E-state index in [0.717, 1.165) is 54.9 Å². The summed E-state index contributed by atoms with van der Waals surface area (Å²) < 4.78 is 48.1. The summed E-state index contributed by atoms with van der Waals surface area (Å²) in [5.74, 6) is 0.663. The molecule has 8 heteroatoms. The minimum Gasteiger partial charge on any atom is -0.398 e. The Morgan fingerprint density at radius 3 is 2.79 bits per heavy atom. The van der Waals surface area contributed by atoms with E-state index in [1.54, 1.807) is 0 Å². The van der Waals surface area contributed by atoms with E-state index < -0.39 is 10.1 Å². The van der Waals surface area contributed by atoms with Crippen LogP contribution in [0.3, 0.4) is 0 Å². The first-order valence-corrected chi connectivity index (χ1v) is 16.6. The maximum atomic E-state index is 11.5. The van der Waals surface area contributed by atoms with E-state index in [9.17, 15) is 13.0 Å². The second-order valence-electron chi connectivity index (χ2n) is 12.5. The fourth-order valence-corrected chi connectivity index (χ4v) is 8.57. The average molecular weight is 584 g/mol. The predicted octanol–water partition coefficient (Wildman–Crippen LogP) is 6.23. The van der Waals surface area contributed by atoms with Gasteiger partial charge in [-0.1, -0.05) is 42.8 Å². The SMILES string of the molecule is Cc1ccc2c(c1)oc1[n+]2CCC2OC3CCN4C(=C3C=C12)C(C)(CCCCS(=O)(=O)O)c1c4ccc2ccccc12. The summed E-state index contributed by atoms with van der Waals surface area (Å²) in [7, 11) is -4.00. The monoisotopic (exact) mass is 583 g/mol. The Kier molecular flexibility index (Phi) is 5.78. The molecule has 0 radical (unpaired) electrons. The van der Waals surface area contributed by atoms with Crippen LogP contribution in [-0.4, -0.2) is 37.5 Å². The highest BCUT2D eigenvalue weighted by Gasteiger charge is 2.51. The Morgan fingerprint density at radius 2 is 1.93 bits per heavy atom. The smallest absolute Gasteiger partial charge is 0.380 e. The number of ether oxygens (including phenoxy) is 1. The lowest BCUT2D eigenvalue weighted by Gasteiger charge is -2.42. The van der Waals surface area contributed by atoms with Gasteiger partial charge >= 0.3 is 5.89 Å². The van der Waals surface area contributed by atoms with Gasteiger partial charge in [0.25, 0.3) is 15.6 Å². The number of hydrogen-bond acceptors (Lipinski definition) is 5. The Balaban J connectivity index is 1.31. The third-order valence-corrected chi connectivity index (χ3v) is 10.6. The number of anilines is 1. The van der Waals surface area contributed by atoms with E-state index in [2.05, 4.69) is 84.0 Å². The van der Waals surface area contributed by atoms with Gasteiger partial charge < -0.3 is 14.1 Å². The first-order valence-electron chi connectivity index (χ1n) is 15.0. The number of hydrogen-bond donors (Lipinski definition) is 1. The van der Waals surface area contributed by atoms with E-state index in [-0.39, 0.29) is 23.4 Å². The fraction of sp³-hybridized carbons (Fsp3) is 0.382. The van der Waals surface area contributed by atoms with Gasteiger partial charge in [-0.3, -0.25) is 4.55 Å². The van der Waals surface area contributed by atoms with E-state index in [4.69, 9.17) is 9.15 Å². The number of rotatable bonds is 5. The molecule has 4 aliphatic heterocycles. The standard InChI is InChI=1S/C34H34N2O5S/c1-21-9-11-26-30(19-21)41-33-25-20-24-28(40-29(25)14-17-36(26)33)13-16-35-27-12-10-22-7-3-4-8-23(22)31(27)34(2,32(24)35)15-5-6-18-42(37,38)39/h3-4,7-12,19-20,28-29H,5-6,13-18H2,1-2H3/p+1. The maximum absolute atomic E-state index is 11.5. The normalized spacial score (nSPS) is 24.7. The number of allylic oxidation sites excluding steroid dienone is 1. The van der Waals surface area contributed by atoms with Crippen molar-refractivity contribution in [2.75, 3.05) is 17.2 Å². The quantitative estimate of drug-likeness (QED) is 0.170. The molecular weight excluding hydrogens is 548 g/mol. The zero-order valence-corrected chi connectivity index (χ0v) is 24.8. The molecule has 216 valence electrons. The van der Waals surface area contributed by atoms with Gasteiger partial charge in [0.05, 0.1) is 23.5 Å². The molecular formula is C34H35N2O5S+. The Labute approximate surface area is 245 Å². The van der Waals surface area contributed by atoms with Crippen molar-refractivity contribution in [1.29, 1.82) is 0 Å². The summed E-state index contributed by atoms with van der Waals surface area (Å²) in [6.45, 7) is 6.13. The van der Waals surface area contributed by atoms with Gasteiger partial charge in [-0.05, 0) is 73.2 Å². The molecule has 0 fully saturated rings. The summed E-state index contributed by atoms with van der Waals surface area (Å²) in [5.41, 5.74) is 8.93. The number of benzene rings is 3. The maximum Gasteiger partial charge on any atom is 0.380 e. The topological polar surface area (TPSA) is 83.9 Å². The highest BCUT2D eigenvalue weighted by molar-refractivity contribution is 7.85. The number of unbranched alkanes of at least 4 members (excludes halogenated alkanes) is 1. The highest BCUT2D eigenvalue weighted by Crippen LogP contribution is 2.57. The number of aryl methyl sites for hydroxylation is 2. The Morgan fingerprint density at radius 1 is 1.07 bits per heavy atom. The number of nitrogens with zero attached hydrogens (tertiary/aromatic N) is 2. The van der Waals surface area contributed by atoms with Crippen LogP contribution in [-0.2, 0) is 26.8 Å². The lowest BCUT2D eigenvalue weighted by Crippen LogP contribution is -2.48. The summed E-state index contributed by atoms with van der Waals surface area (Å²) in [6.07, 6.45) is 6.03. The van der Waals surface area contributed by atoms with Crippen molar-refractivity contribution in [2.45, 2.75) is 70.1 Å². The zero-order valence-electron chi connectivity index (χ0n) is 24.0. The molecule has 0 aliphatic carbocycles. The molecule has 7 nitrogen and oxygen atoms in total. The third-order valence-electron chi connectivity index (χ3n) is 9.81. The first kappa shape index (κ1) is 26.2. The summed E-state index contributed by atoms with van der Waals surface area (Å²) >= 11 is 0. The van der Waals surface area contributed by atoms with Crippen molar-refractivity contribution >= 4 is 43.3 Å². The van der Waals surface area contributed by atoms with Gasteiger partial charge in [-0.2, -0.15) is 13.0 Å². The number of aromatic nitrogens is 1. The molecule has 0 spiro atoms. The van der Waals surface area contributed by atoms with Crippen LogP contribution >= 0.6 is 0 Å². The first-order chi connectivity index (χ1) is 20.2. The molecule has 3 aromatic carbocycles. The minimum atomic E-state index is -4.00. The molecule has 4 aromatic rings. The van der Waals surface area contributed by atoms with Crippen molar-refractivity contribution in [1.82, 2.24) is 0 Å². The van der Waals surface area contributed by atoms with Crippen molar-refractivity contribution in [3.63, 3.8) is 0 Å². The lowest BCUT2D eigenvalue weighted by atomic mass is 9.72. The van der Waals surface area contributed by atoms with Crippen LogP contribution in [0.2, 0.25) is 0 Å². The van der Waals surface area contributed by atoms with Crippen LogP contribution in [0.1, 0.15) is 56.0 Å². The van der Waals surface area contributed by atoms with Crippen molar-refractivity contribution in [3.8, 4) is 0 Å². The molecule has 1 N–H and O–H groups in total. The van der Waals surface area contributed by atoms with Crippen LogP contribution in [0.15, 0.2) is 76.4 Å². The van der Waals surface area contributed by atoms with E-state index in [0.29, 0.717) is 12.8 Å². The van der Waals surface area contributed by atoms with Gasteiger partial charge in [-0.15, -0.1) is 0 Å². The molecule has 0 saturated carbocycles. The molecule has 42 heavy (non-hydrogen) atoms. The third kappa shape index (κ3) is 3.92. The van der Waals surface area contributed by atoms with Crippen LogP contribution < -0.4 is 9.47 Å². The van der Waals surface area contributed by atoms with Gasteiger partial charge in [0, 0.05) is 41.4 Å². The largest absolute Gasteiger partial charge is 0.398 e. The highest BCUT2D eigenvalue weighted by atomic mass is 32.2. The Hall–Kier alpha value is -3.46. The molecule has 3 unspecified atom stereocenters. The summed E-state index contributed by atoms with van der Waals surface area (Å²) in [4.78, 5) is 2.48. The molecule has 8 rings (SSSR count). The molecule has 1 aromatic heterocycles. The summed E-state index contributed by atoms with van der Waals surface area (Å²) in [5, 5.41) is 2.43.